The summed E-state index contributed by atoms with van der Waals surface area (Å²) in [4.78, 5) is 0. The molecule has 0 bridgehead atoms. The van der Waals surface area contributed by atoms with Crippen molar-refractivity contribution in [2.75, 3.05) is 0 Å². The highest BCUT2D eigenvalue weighted by molar-refractivity contribution is 5.35. The highest BCUT2D eigenvalue weighted by Gasteiger charge is 2.21. The number of nitriles is 1. The highest BCUT2D eigenvalue weighted by Crippen LogP contribution is 2.31. The summed E-state index contributed by atoms with van der Waals surface area (Å²) in [7, 11) is 0. The van der Waals surface area contributed by atoms with Gasteiger partial charge in [-0.25, -0.2) is 0 Å². The van der Waals surface area contributed by atoms with Gasteiger partial charge < -0.3 is 10.3 Å². The Kier molecular flexibility index (Phi) is 3.33. The summed E-state index contributed by atoms with van der Waals surface area (Å²) in [6.07, 6.45) is 3.38. The molecule has 0 radical (unpaired) electrons. The molecule has 0 saturated heterocycles. The molecule has 1 heterocycles. The van der Waals surface area contributed by atoms with Crippen molar-refractivity contribution in [3.8, 4) is 6.07 Å². The van der Waals surface area contributed by atoms with Gasteiger partial charge in [-0.05, 0) is 55.5 Å². The van der Waals surface area contributed by atoms with Gasteiger partial charge in [0.1, 0.15) is 0 Å². The van der Waals surface area contributed by atoms with Crippen LogP contribution in [0.5, 0.6) is 0 Å². The van der Waals surface area contributed by atoms with Gasteiger partial charge in [0.15, 0.2) is 0 Å². The number of nitrogens with two attached hydrogens (primary N) is 1. The lowest BCUT2D eigenvalue weighted by atomic mass is 9.93. The van der Waals surface area contributed by atoms with Crippen LogP contribution < -0.4 is 5.73 Å². The first-order valence-electron chi connectivity index (χ1n) is 7.12. The Bertz CT molecular complexity index is 659. The SMILES string of the molecule is Cc1cc2c(n1Cc1ccc(C#N)cc1)CCCC2N. The molecule has 3 nitrogen and oxygen atoms in total. The van der Waals surface area contributed by atoms with Crippen LogP contribution in [0.2, 0.25) is 0 Å². The van der Waals surface area contributed by atoms with Gasteiger partial charge in [0.25, 0.3) is 0 Å². The van der Waals surface area contributed by atoms with E-state index in [9.17, 15) is 0 Å². The summed E-state index contributed by atoms with van der Waals surface area (Å²) >= 11 is 0. The van der Waals surface area contributed by atoms with E-state index < -0.39 is 0 Å². The Labute approximate surface area is 119 Å². The van der Waals surface area contributed by atoms with E-state index in [1.165, 1.54) is 28.9 Å². The third-order valence-corrected chi connectivity index (χ3v) is 4.20. The number of hydrogen-bond donors (Lipinski definition) is 1. The first-order chi connectivity index (χ1) is 9.69. The number of nitrogens with zero attached hydrogens (tertiary/aromatic N) is 2. The molecule has 20 heavy (non-hydrogen) atoms. The molecule has 2 aromatic rings. The molecule has 1 aromatic heterocycles. The zero-order valence-corrected chi connectivity index (χ0v) is 11.8. The van der Waals surface area contributed by atoms with Crippen molar-refractivity contribution >= 4 is 0 Å². The Morgan fingerprint density at radius 3 is 2.80 bits per heavy atom. The van der Waals surface area contributed by atoms with Crippen LogP contribution in [0, 0.1) is 18.3 Å². The maximum absolute atomic E-state index is 8.85. The number of hydrogen-bond acceptors (Lipinski definition) is 2. The monoisotopic (exact) mass is 265 g/mol. The minimum absolute atomic E-state index is 0.194. The molecular weight excluding hydrogens is 246 g/mol. The standard InChI is InChI=1S/C17H19N3/c1-12-9-15-16(19)3-2-4-17(15)20(12)11-14-7-5-13(10-18)6-8-14/h5-9,16H,2-4,11,19H2,1H3. The van der Waals surface area contributed by atoms with Gasteiger partial charge in [0, 0.05) is 24.0 Å². The lowest BCUT2D eigenvalue weighted by Gasteiger charge is -2.21. The zero-order valence-electron chi connectivity index (χ0n) is 11.8. The number of aromatic nitrogens is 1. The average Bonchev–Trinajstić information content (AvgIpc) is 2.78. The van der Waals surface area contributed by atoms with E-state index >= 15 is 0 Å². The largest absolute Gasteiger partial charge is 0.344 e. The van der Waals surface area contributed by atoms with E-state index in [1.54, 1.807) is 0 Å². The van der Waals surface area contributed by atoms with Crippen molar-refractivity contribution in [3.05, 3.63) is 58.4 Å². The predicted molar refractivity (Wildman–Crippen MR) is 79.3 cm³/mol. The van der Waals surface area contributed by atoms with Crippen LogP contribution in [-0.4, -0.2) is 4.57 Å². The van der Waals surface area contributed by atoms with Gasteiger partial charge in [0.05, 0.1) is 11.6 Å². The fourth-order valence-corrected chi connectivity index (χ4v) is 3.09. The molecular formula is C17H19N3. The summed E-state index contributed by atoms with van der Waals surface area (Å²) in [5.74, 6) is 0. The van der Waals surface area contributed by atoms with Crippen molar-refractivity contribution in [3.63, 3.8) is 0 Å². The highest BCUT2D eigenvalue weighted by atomic mass is 15.0. The summed E-state index contributed by atoms with van der Waals surface area (Å²) in [5, 5.41) is 8.85. The zero-order chi connectivity index (χ0) is 14.1. The second-order valence-corrected chi connectivity index (χ2v) is 5.58. The molecule has 0 saturated carbocycles. The average molecular weight is 265 g/mol. The number of benzene rings is 1. The molecule has 0 aliphatic heterocycles. The second-order valence-electron chi connectivity index (χ2n) is 5.58. The summed E-state index contributed by atoms with van der Waals surface area (Å²) < 4.78 is 2.37. The molecule has 0 amide bonds. The molecule has 1 atom stereocenters. The molecule has 1 aromatic carbocycles. The van der Waals surface area contributed by atoms with Crippen LogP contribution in [-0.2, 0) is 13.0 Å². The van der Waals surface area contributed by atoms with E-state index in [1.807, 2.05) is 24.3 Å². The van der Waals surface area contributed by atoms with E-state index in [2.05, 4.69) is 23.6 Å². The van der Waals surface area contributed by atoms with Crippen LogP contribution in [0.15, 0.2) is 30.3 Å². The van der Waals surface area contributed by atoms with E-state index in [4.69, 9.17) is 11.0 Å². The molecule has 102 valence electrons. The molecule has 1 aliphatic rings. The van der Waals surface area contributed by atoms with Gasteiger partial charge in [0.2, 0.25) is 0 Å². The molecule has 3 rings (SSSR count). The predicted octanol–water partition coefficient (Wildman–Crippen LogP) is 3.05. The topological polar surface area (TPSA) is 54.7 Å². The minimum Gasteiger partial charge on any atom is -0.344 e. The third kappa shape index (κ3) is 2.23. The quantitative estimate of drug-likeness (QED) is 0.907. The lowest BCUT2D eigenvalue weighted by molar-refractivity contribution is 0.546. The minimum atomic E-state index is 0.194. The van der Waals surface area contributed by atoms with Crippen LogP contribution in [0.4, 0.5) is 0 Å². The van der Waals surface area contributed by atoms with Gasteiger partial charge in [-0.3, -0.25) is 0 Å². The van der Waals surface area contributed by atoms with Gasteiger partial charge in [-0.15, -0.1) is 0 Å². The Balaban J connectivity index is 1.92. The van der Waals surface area contributed by atoms with Crippen molar-refractivity contribution < 1.29 is 0 Å². The van der Waals surface area contributed by atoms with Crippen molar-refractivity contribution in [1.82, 2.24) is 4.57 Å². The van der Waals surface area contributed by atoms with Crippen LogP contribution >= 0.6 is 0 Å². The van der Waals surface area contributed by atoms with Crippen LogP contribution in [0.1, 0.15) is 47.0 Å². The van der Waals surface area contributed by atoms with Crippen molar-refractivity contribution in [1.29, 1.82) is 5.26 Å². The second kappa shape index (κ2) is 5.15. The maximum Gasteiger partial charge on any atom is 0.0991 e. The Morgan fingerprint density at radius 2 is 2.10 bits per heavy atom. The van der Waals surface area contributed by atoms with Gasteiger partial charge in [-0.2, -0.15) is 5.26 Å². The van der Waals surface area contributed by atoms with Crippen molar-refractivity contribution in [2.45, 2.75) is 38.8 Å². The Morgan fingerprint density at radius 1 is 1.35 bits per heavy atom. The summed E-state index contributed by atoms with van der Waals surface area (Å²) in [5.41, 5.74) is 12.1. The van der Waals surface area contributed by atoms with E-state index in [-0.39, 0.29) is 6.04 Å². The molecule has 3 heteroatoms. The summed E-state index contributed by atoms with van der Waals surface area (Å²) in [6.45, 7) is 3.01. The fraction of sp³-hybridized carbons (Fsp3) is 0.353. The van der Waals surface area contributed by atoms with Crippen molar-refractivity contribution in [2.24, 2.45) is 5.73 Å². The summed E-state index contributed by atoms with van der Waals surface area (Å²) in [6, 6.07) is 12.4. The lowest BCUT2D eigenvalue weighted by Crippen LogP contribution is -2.18. The normalized spacial score (nSPS) is 17.6. The number of fused-ring (bicyclic) bond motifs is 1. The Hall–Kier alpha value is -2.05. The van der Waals surface area contributed by atoms with E-state index in [0.29, 0.717) is 5.56 Å². The molecule has 1 aliphatic carbocycles. The smallest absolute Gasteiger partial charge is 0.0991 e. The number of aryl methyl sites for hydroxylation is 1. The molecule has 1 unspecified atom stereocenters. The molecule has 0 fully saturated rings. The fourth-order valence-electron chi connectivity index (χ4n) is 3.09. The van der Waals surface area contributed by atoms with Crippen LogP contribution in [0.3, 0.4) is 0 Å². The van der Waals surface area contributed by atoms with Crippen LogP contribution in [0.25, 0.3) is 0 Å². The molecule has 0 spiro atoms. The third-order valence-electron chi connectivity index (χ3n) is 4.20. The first-order valence-corrected chi connectivity index (χ1v) is 7.12. The maximum atomic E-state index is 8.85. The van der Waals surface area contributed by atoms with Gasteiger partial charge in [-0.1, -0.05) is 12.1 Å². The van der Waals surface area contributed by atoms with E-state index in [0.717, 1.165) is 19.4 Å². The first kappa shape index (κ1) is 13.0. The number of rotatable bonds is 2. The molecule has 2 N–H and O–H groups in total. The van der Waals surface area contributed by atoms with Gasteiger partial charge >= 0.3 is 0 Å².